The fourth-order valence-corrected chi connectivity index (χ4v) is 2.21. The summed E-state index contributed by atoms with van der Waals surface area (Å²) < 4.78 is 5.65. The van der Waals surface area contributed by atoms with Crippen molar-refractivity contribution in [2.24, 2.45) is 5.41 Å². The molecule has 0 spiro atoms. The van der Waals surface area contributed by atoms with Gasteiger partial charge in [-0.05, 0) is 24.5 Å². The molecule has 1 nitrogen and oxygen atoms in total. The Labute approximate surface area is 151 Å². The van der Waals surface area contributed by atoms with E-state index in [2.05, 4.69) is 58.9 Å². The van der Waals surface area contributed by atoms with Gasteiger partial charge in [-0.1, -0.05) is 100.0 Å². The van der Waals surface area contributed by atoms with Gasteiger partial charge in [0.15, 0.2) is 0 Å². The highest BCUT2D eigenvalue weighted by Crippen LogP contribution is 2.27. The standard InChI is InChI=1S/C12H8O.C7H8.C5H12/c1-3-7-11-9(5-1)10-6-2-4-8-12(10)13-11;1-7-5-3-2-4-6-7;1-5(2,3)4/h1-8H;2-6H,1H3;1-4H3. The summed E-state index contributed by atoms with van der Waals surface area (Å²) in [5.41, 5.74) is 3.75. The van der Waals surface area contributed by atoms with Crippen LogP contribution in [0.3, 0.4) is 0 Å². The van der Waals surface area contributed by atoms with Crippen molar-refractivity contribution >= 4 is 21.9 Å². The fraction of sp³-hybridized carbons (Fsp3) is 0.250. The van der Waals surface area contributed by atoms with E-state index >= 15 is 0 Å². The minimum absolute atomic E-state index is 0.500. The van der Waals surface area contributed by atoms with Crippen LogP contribution in [0, 0.1) is 12.3 Å². The molecule has 0 aliphatic rings. The molecule has 0 radical (unpaired) electrons. The number of para-hydroxylation sites is 2. The smallest absolute Gasteiger partial charge is 0.135 e. The van der Waals surface area contributed by atoms with Crippen LogP contribution in [0.4, 0.5) is 0 Å². The van der Waals surface area contributed by atoms with Crippen molar-refractivity contribution in [1.82, 2.24) is 0 Å². The van der Waals surface area contributed by atoms with Crippen LogP contribution < -0.4 is 0 Å². The molecule has 0 atom stereocenters. The van der Waals surface area contributed by atoms with Gasteiger partial charge in [0.25, 0.3) is 0 Å². The summed E-state index contributed by atoms with van der Waals surface area (Å²) >= 11 is 0. The van der Waals surface area contributed by atoms with Gasteiger partial charge in [-0.3, -0.25) is 0 Å². The molecular weight excluding hydrogens is 304 g/mol. The molecule has 0 saturated carbocycles. The lowest BCUT2D eigenvalue weighted by atomic mass is 10.0. The summed E-state index contributed by atoms with van der Waals surface area (Å²) in [6.45, 7) is 10.8. The van der Waals surface area contributed by atoms with E-state index in [-0.39, 0.29) is 0 Å². The van der Waals surface area contributed by atoms with Gasteiger partial charge in [0.2, 0.25) is 0 Å². The number of hydrogen-bond donors (Lipinski definition) is 0. The second kappa shape index (κ2) is 8.53. The minimum Gasteiger partial charge on any atom is -0.456 e. The Morgan fingerprint density at radius 2 is 0.920 bits per heavy atom. The maximum absolute atomic E-state index is 5.65. The molecule has 0 bridgehead atoms. The zero-order valence-electron chi connectivity index (χ0n) is 15.9. The summed E-state index contributed by atoms with van der Waals surface area (Å²) in [7, 11) is 0. The molecule has 0 fully saturated rings. The molecule has 25 heavy (non-hydrogen) atoms. The number of rotatable bonds is 0. The number of furan rings is 1. The molecule has 0 saturated heterocycles. The van der Waals surface area contributed by atoms with Crippen LogP contribution in [0.1, 0.15) is 33.3 Å². The lowest BCUT2D eigenvalue weighted by molar-refractivity contribution is 0.469. The molecule has 0 aliphatic heterocycles. The van der Waals surface area contributed by atoms with Crippen LogP contribution in [0.2, 0.25) is 0 Å². The number of fused-ring (bicyclic) bond motifs is 3. The predicted octanol–water partition coefficient (Wildman–Crippen LogP) is 7.63. The van der Waals surface area contributed by atoms with E-state index in [4.69, 9.17) is 4.42 Å². The van der Waals surface area contributed by atoms with Crippen LogP contribution in [-0.2, 0) is 0 Å². The van der Waals surface area contributed by atoms with Crippen LogP contribution in [0.25, 0.3) is 21.9 Å². The highest BCUT2D eigenvalue weighted by Gasteiger charge is 2.03. The first-order chi connectivity index (χ1) is 11.8. The van der Waals surface area contributed by atoms with Crippen molar-refractivity contribution in [3.05, 3.63) is 84.4 Å². The third-order valence-corrected chi connectivity index (χ3v) is 3.22. The maximum Gasteiger partial charge on any atom is 0.135 e. The van der Waals surface area contributed by atoms with E-state index in [9.17, 15) is 0 Å². The monoisotopic (exact) mass is 332 g/mol. The van der Waals surface area contributed by atoms with Crippen molar-refractivity contribution in [3.63, 3.8) is 0 Å². The molecule has 0 aliphatic carbocycles. The first kappa shape index (κ1) is 18.8. The molecule has 1 heteroatoms. The molecule has 4 aromatic rings. The largest absolute Gasteiger partial charge is 0.456 e. The zero-order valence-corrected chi connectivity index (χ0v) is 15.9. The first-order valence-corrected chi connectivity index (χ1v) is 8.72. The molecule has 3 aromatic carbocycles. The molecule has 1 aromatic heterocycles. The van der Waals surface area contributed by atoms with Gasteiger partial charge >= 0.3 is 0 Å². The first-order valence-electron chi connectivity index (χ1n) is 8.72. The van der Waals surface area contributed by atoms with Crippen LogP contribution >= 0.6 is 0 Å². The van der Waals surface area contributed by atoms with Gasteiger partial charge in [-0.25, -0.2) is 0 Å². The normalized spacial score (nSPS) is 10.6. The summed E-state index contributed by atoms with van der Waals surface area (Å²) in [6, 6.07) is 26.5. The van der Waals surface area contributed by atoms with Crippen LogP contribution in [0.5, 0.6) is 0 Å². The van der Waals surface area contributed by atoms with Gasteiger partial charge in [-0.2, -0.15) is 0 Å². The lowest BCUT2D eigenvalue weighted by Gasteiger charge is -2.05. The summed E-state index contributed by atoms with van der Waals surface area (Å²) in [5, 5.41) is 2.39. The number of aryl methyl sites for hydroxylation is 1. The fourth-order valence-electron chi connectivity index (χ4n) is 2.21. The highest BCUT2D eigenvalue weighted by atomic mass is 16.3. The molecular formula is C24H28O. The topological polar surface area (TPSA) is 13.1 Å². The molecule has 1 heterocycles. The minimum atomic E-state index is 0.500. The average molecular weight is 332 g/mol. The van der Waals surface area contributed by atoms with E-state index in [1.54, 1.807) is 0 Å². The maximum atomic E-state index is 5.65. The molecule has 130 valence electrons. The van der Waals surface area contributed by atoms with E-state index < -0.39 is 0 Å². The molecule has 0 amide bonds. The van der Waals surface area contributed by atoms with E-state index in [1.165, 1.54) is 16.3 Å². The van der Waals surface area contributed by atoms with Crippen molar-refractivity contribution in [2.75, 3.05) is 0 Å². The lowest BCUT2D eigenvalue weighted by Crippen LogP contribution is -1.93. The Bertz CT molecular complexity index is 839. The van der Waals surface area contributed by atoms with Gasteiger partial charge in [0, 0.05) is 10.8 Å². The van der Waals surface area contributed by atoms with Crippen LogP contribution in [-0.4, -0.2) is 0 Å². The summed E-state index contributed by atoms with van der Waals surface area (Å²) in [4.78, 5) is 0. The van der Waals surface area contributed by atoms with Gasteiger partial charge in [0.1, 0.15) is 11.2 Å². The van der Waals surface area contributed by atoms with Crippen LogP contribution in [0.15, 0.2) is 83.3 Å². The molecule has 0 unspecified atom stereocenters. The number of benzene rings is 3. The SMILES string of the molecule is CC(C)(C)C.Cc1ccccc1.c1ccc2c(c1)oc1ccccc12. The van der Waals surface area contributed by atoms with Crippen molar-refractivity contribution in [1.29, 1.82) is 0 Å². The van der Waals surface area contributed by atoms with Gasteiger partial charge in [-0.15, -0.1) is 0 Å². The summed E-state index contributed by atoms with van der Waals surface area (Å²) in [6.07, 6.45) is 0. The Morgan fingerprint density at radius 3 is 1.28 bits per heavy atom. The Morgan fingerprint density at radius 1 is 0.560 bits per heavy atom. The Hall–Kier alpha value is -2.54. The quantitative estimate of drug-likeness (QED) is 0.322. The second-order valence-electron chi connectivity index (χ2n) is 7.75. The Balaban J connectivity index is 0.000000159. The average Bonchev–Trinajstić information content (AvgIpc) is 2.93. The second-order valence-corrected chi connectivity index (χ2v) is 7.75. The molecule has 0 N–H and O–H groups in total. The number of hydrogen-bond acceptors (Lipinski definition) is 1. The van der Waals surface area contributed by atoms with E-state index in [1.807, 2.05) is 54.6 Å². The summed E-state index contributed by atoms with van der Waals surface area (Å²) in [5.74, 6) is 0. The third kappa shape index (κ3) is 6.46. The Kier molecular flexibility index (Phi) is 6.41. The van der Waals surface area contributed by atoms with Gasteiger partial charge < -0.3 is 4.42 Å². The van der Waals surface area contributed by atoms with Crippen molar-refractivity contribution < 1.29 is 4.42 Å². The van der Waals surface area contributed by atoms with Gasteiger partial charge in [0.05, 0.1) is 0 Å². The predicted molar refractivity (Wildman–Crippen MR) is 110 cm³/mol. The van der Waals surface area contributed by atoms with Crippen molar-refractivity contribution in [3.8, 4) is 0 Å². The molecule has 4 rings (SSSR count). The van der Waals surface area contributed by atoms with E-state index in [0.717, 1.165) is 11.2 Å². The van der Waals surface area contributed by atoms with E-state index in [0.29, 0.717) is 5.41 Å². The highest BCUT2D eigenvalue weighted by molar-refractivity contribution is 6.04. The zero-order chi connectivity index (χ0) is 18.3. The van der Waals surface area contributed by atoms with Crippen molar-refractivity contribution in [2.45, 2.75) is 34.6 Å². The third-order valence-electron chi connectivity index (χ3n) is 3.22.